The molecule has 4 nitrogen and oxygen atoms in total. The number of aromatic nitrogens is 2. The van der Waals surface area contributed by atoms with Crippen molar-refractivity contribution in [1.82, 2.24) is 14.9 Å². The van der Waals surface area contributed by atoms with Crippen LogP contribution in [0, 0.1) is 11.6 Å². The summed E-state index contributed by atoms with van der Waals surface area (Å²) in [5.41, 5.74) is 0.232. The van der Waals surface area contributed by atoms with Crippen LogP contribution in [-0.2, 0) is 10.7 Å². The highest BCUT2D eigenvalue weighted by atomic mass is 35.5. The molecule has 7 heteroatoms. The number of hydrogen-bond acceptors (Lipinski definition) is 2. The summed E-state index contributed by atoms with van der Waals surface area (Å²) in [6.07, 6.45) is 0. The Bertz CT molecular complexity index is 657. The van der Waals surface area contributed by atoms with Crippen LogP contribution < -0.4 is 5.32 Å². The van der Waals surface area contributed by atoms with Crippen molar-refractivity contribution in [2.75, 3.05) is 6.54 Å². The molecule has 20 heavy (non-hydrogen) atoms. The van der Waals surface area contributed by atoms with E-state index >= 15 is 0 Å². The van der Waals surface area contributed by atoms with Crippen molar-refractivity contribution in [3.8, 4) is 0 Å². The van der Waals surface area contributed by atoms with Crippen molar-refractivity contribution < 1.29 is 13.6 Å². The zero-order valence-corrected chi connectivity index (χ0v) is 11.8. The minimum Gasteiger partial charge on any atom is -0.355 e. The summed E-state index contributed by atoms with van der Waals surface area (Å²) >= 11 is 5.79. The smallest absolute Gasteiger partial charge is 0.242 e. The van der Waals surface area contributed by atoms with Gasteiger partial charge in [-0.1, -0.05) is 0 Å². The molecule has 2 aromatic rings. The quantitative estimate of drug-likeness (QED) is 0.883. The second-order valence-corrected chi connectivity index (χ2v) is 4.62. The molecule has 0 spiro atoms. The van der Waals surface area contributed by atoms with Gasteiger partial charge >= 0.3 is 0 Å². The number of hydrogen-bond donors (Lipinski definition) is 1. The molecule has 1 aromatic carbocycles. The normalized spacial score (nSPS) is 12.7. The number of nitrogens with zero attached hydrogens (tertiary/aromatic N) is 2. The number of imidazole rings is 1. The number of rotatable bonds is 4. The highest BCUT2D eigenvalue weighted by molar-refractivity contribution is 6.17. The summed E-state index contributed by atoms with van der Waals surface area (Å²) in [5, 5.41) is 2.66. The van der Waals surface area contributed by atoms with Crippen molar-refractivity contribution >= 4 is 28.5 Å². The standard InChI is InChI=1S/C13H14ClF2N3O/c1-3-17-13(20)7(2)19-10-5-8(15)4-9(16)12(10)18-11(19)6-14/h4-5,7H,3,6H2,1-2H3,(H,17,20). The van der Waals surface area contributed by atoms with Gasteiger partial charge in [0.05, 0.1) is 11.4 Å². The molecule has 0 bridgehead atoms. The van der Waals surface area contributed by atoms with Crippen molar-refractivity contribution in [1.29, 1.82) is 0 Å². The number of benzene rings is 1. The van der Waals surface area contributed by atoms with Crippen LogP contribution in [0.3, 0.4) is 0 Å². The molecule has 1 N–H and O–H groups in total. The summed E-state index contributed by atoms with van der Waals surface area (Å²) < 4.78 is 28.6. The van der Waals surface area contributed by atoms with E-state index in [0.29, 0.717) is 12.4 Å². The van der Waals surface area contributed by atoms with Crippen molar-refractivity contribution in [3.63, 3.8) is 0 Å². The number of halogens is 3. The molecule has 0 aliphatic heterocycles. The summed E-state index contributed by atoms with van der Waals surface area (Å²) in [5.74, 6) is -1.43. The van der Waals surface area contributed by atoms with Gasteiger partial charge in [-0.25, -0.2) is 13.8 Å². The molecule has 0 fully saturated rings. The Balaban J connectivity index is 2.64. The molecule has 0 saturated carbocycles. The zero-order valence-electron chi connectivity index (χ0n) is 11.1. The highest BCUT2D eigenvalue weighted by Crippen LogP contribution is 2.25. The third-order valence-corrected chi connectivity index (χ3v) is 3.26. The van der Waals surface area contributed by atoms with E-state index in [1.165, 1.54) is 4.57 Å². The SMILES string of the molecule is CCNC(=O)C(C)n1c(CCl)nc2c(F)cc(F)cc21. The van der Waals surface area contributed by atoms with Gasteiger partial charge in [0.15, 0.2) is 5.82 Å². The second kappa shape index (κ2) is 5.75. The first-order chi connectivity index (χ1) is 9.49. The van der Waals surface area contributed by atoms with Gasteiger partial charge < -0.3 is 9.88 Å². The van der Waals surface area contributed by atoms with Gasteiger partial charge in [-0.3, -0.25) is 4.79 Å². The fourth-order valence-electron chi connectivity index (χ4n) is 2.13. The topological polar surface area (TPSA) is 46.9 Å². The molecule has 108 valence electrons. The molecule has 1 aromatic heterocycles. The van der Waals surface area contributed by atoms with Crippen LogP contribution in [0.4, 0.5) is 8.78 Å². The van der Waals surface area contributed by atoms with Crippen LogP contribution in [0.2, 0.25) is 0 Å². The molecule has 0 aliphatic rings. The number of likely N-dealkylation sites (N-methyl/N-ethyl adjacent to an activating group) is 1. The number of amides is 1. The first kappa shape index (κ1) is 14.7. The lowest BCUT2D eigenvalue weighted by Gasteiger charge is -2.16. The van der Waals surface area contributed by atoms with E-state index < -0.39 is 17.7 Å². The van der Waals surface area contributed by atoms with Crippen LogP contribution in [0.1, 0.15) is 25.7 Å². The van der Waals surface area contributed by atoms with E-state index in [9.17, 15) is 13.6 Å². The lowest BCUT2D eigenvalue weighted by atomic mass is 10.2. The largest absolute Gasteiger partial charge is 0.355 e. The van der Waals surface area contributed by atoms with E-state index in [0.717, 1.165) is 12.1 Å². The summed E-state index contributed by atoms with van der Waals surface area (Å²) in [7, 11) is 0. The lowest BCUT2D eigenvalue weighted by molar-refractivity contribution is -0.123. The van der Waals surface area contributed by atoms with Gasteiger partial charge in [-0.05, 0) is 13.8 Å². The molecule has 2 rings (SSSR count). The van der Waals surface area contributed by atoms with Crippen LogP contribution in [0.15, 0.2) is 12.1 Å². The lowest BCUT2D eigenvalue weighted by Crippen LogP contribution is -2.31. The maximum Gasteiger partial charge on any atom is 0.242 e. The number of nitrogens with one attached hydrogen (secondary N) is 1. The van der Waals surface area contributed by atoms with E-state index in [4.69, 9.17) is 11.6 Å². The Labute approximate surface area is 119 Å². The summed E-state index contributed by atoms with van der Waals surface area (Å²) in [6, 6.07) is 1.25. The zero-order chi connectivity index (χ0) is 14.9. The first-order valence-electron chi connectivity index (χ1n) is 6.19. The predicted octanol–water partition coefficient (Wildman–Crippen LogP) is 2.75. The Hall–Kier alpha value is -1.69. The van der Waals surface area contributed by atoms with Crippen molar-refractivity contribution in [2.45, 2.75) is 25.8 Å². The van der Waals surface area contributed by atoms with Gasteiger partial charge in [-0.15, -0.1) is 11.6 Å². The van der Waals surface area contributed by atoms with E-state index in [2.05, 4.69) is 10.3 Å². The molecular formula is C13H14ClF2N3O. The number of alkyl halides is 1. The average molecular weight is 302 g/mol. The Morgan fingerprint density at radius 3 is 2.80 bits per heavy atom. The molecule has 0 saturated heterocycles. The van der Waals surface area contributed by atoms with E-state index in [1.54, 1.807) is 13.8 Å². The first-order valence-corrected chi connectivity index (χ1v) is 6.72. The second-order valence-electron chi connectivity index (χ2n) is 4.36. The molecule has 1 unspecified atom stereocenters. The Morgan fingerprint density at radius 2 is 2.20 bits per heavy atom. The van der Waals surface area contributed by atoms with Crippen LogP contribution >= 0.6 is 11.6 Å². The third kappa shape index (κ3) is 2.47. The fraction of sp³-hybridized carbons (Fsp3) is 0.385. The third-order valence-electron chi connectivity index (χ3n) is 3.02. The molecule has 0 radical (unpaired) electrons. The summed E-state index contributed by atoms with van der Waals surface area (Å²) in [6.45, 7) is 3.89. The molecule has 1 amide bonds. The van der Waals surface area contributed by atoms with Crippen LogP contribution in [0.25, 0.3) is 11.0 Å². The van der Waals surface area contributed by atoms with Gasteiger partial charge in [0.25, 0.3) is 0 Å². The Kier molecular flexibility index (Phi) is 4.23. The molecule has 1 heterocycles. The Morgan fingerprint density at radius 1 is 1.50 bits per heavy atom. The highest BCUT2D eigenvalue weighted by Gasteiger charge is 2.22. The van der Waals surface area contributed by atoms with Gasteiger partial charge in [0.1, 0.15) is 23.2 Å². The minimum atomic E-state index is -0.770. The monoisotopic (exact) mass is 301 g/mol. The maximum absolute atomic E-state index is 13.7. The van der Waals surface area contributed by atoms with Crippen molar-refractivity contribution in [2.24, 2.45) is 0 Å². The maximum atomic E-state index is 13.7. The molecule has 0 aliphatic carbocycles. The fourth-order valence-corrected chi connectivity index (χ4v) is 2.32. The van der Waals surface area contributed by atoms with E-state index in [-0.39, 0.29) is 22.8 Å². The average Bonchev–Trinajstić information content (AvgIpc) is 2.76. The predicted molar refractivity (Wildman–Crippen MR) is 72.6 cm³/mol. The number of carbonyl (C=O) groups excluding carboxylic acids is 1. The van der Waals surface area contributed by atoms with Crippen LogP contribution in [0.5, 0.6) is 0 Å². The number of carbonyl (C=O) groups is 1. The molecule has 1 atom stereocenters. The van der Waals surface area contributed by atoms with Gasteiger partial charge in [-0.2, -0.15) is 0 Å². The van der Waals surface area contributed by atoms with Crippen molar-refractivity contribution in [3.05, 3.63) is 29.6 Å². The van der Waals surface area contributed by atoms with Gasteiger partial charge in [0.2, 0.25) is 5.91 Å². The van der Waals surface area contributed by atoms with E-state index in [1.807, 2.05) is 0 Å². The van der Waals surface area contributed by atoms with Crippen LogP contribution in [-0.4, -0.2) is 22.0 Å². The summed E-state index contributed by atoms with van der Waals surface area (Å²) in [4.78, 5) is 16.0. The minimum absolute atomic E-state index is 0.000512. The number of fused-ring (bicyclic) bond motifs is 1. The molecular weight excluding hydrogens is 288 g/mol. The van der Waals surface area contributed by atoms with Gasteiger partial charge in [0, 0.05) is 18.7 Å².